The number of likely N-dealkylation sites (tertiary alicyclic amines) is 1. The fourth-order valence-corrected chi connectivity index (χ4v) is 3.23. The summed E-state index contributed by atoms with van der Waals surface area (Å²) in [5.74, 6) is -0.104. The Morgan fingerprint density at radius 1 is 1.15 bits per heavy atom. The van der Waals surface area contributed by atoms with Gasteiger partial charge < -0.3 is 15.0 Å². The van der Waals surface area contributed by atoms with Crippen molar-refractivity contribution in [1.29, 1.82) is 0 Å². The van der Waals surface area contributed by atoms with Gasteiger partial charge in [0.1, 0.15) is 0 Å². The third-order valence-electron chi connectivity index (χ3n) is 4.60. The zero-order valence-corrected chi connectivity index (χ0v) is 15.0. The summed E-state index contributed by atoms with van der Waals surface area (Å²) < 4.78 is 5.01. The second-order valence-electron chi connectivity index (χ2n) is 6.37. The zero-order valence-electron chi connectivity index (χ0n) is 15.0. The number of benzene rings is 2. The molecule has 0 aromatic heterocycles. The molecule has 0 radical (unpaired) electrons. The highest BCUT2D eigenvalue weighted by Crippen LogP contribution is 2.19. The lowest BCUT2D eigenvalue weighted by molar-refractivity contribution is -0.117. The number of fused-ring (bicyclic) bond motifs is 1. The Hall–Kier alpha value is -2.82. The Balaban J connectivity index is 1.54. The molecule has 0 saturated carbocycles. The van der Waals surface area contributed by atoms with Gasteiger partial charge in [-0.1, -0.05) is 42.5 Å². The van der Waals surface area contributed by atoms with Gasteiger partial charge in [-0.05, 0) is 42.2 Å². The molecular formula is C21H24N2O3. The normalized spacial score (nSPS) is 15.3. The number of ether oxygens (including phenoxy) is 1. The SMILES string of the molecule is CCOC(=O)N1CCC(NC(=O)/C=C/c2cccc3ccccc23)CC1. The maximum absolute atomic E-state index is 12.2. The predicted molar refractivity (Wildman–Crippen MR) is 103 cm³/mol. The van der Waals surface area contributed by atoms with Gasteiger partial charge in [-0.15, -0.1) is 0 Å². The molecule has 26 heavy (non-hydrogen) atoms. The third kappa shape index (κ3) is 4.42. The summed E-state index contributed by atoms with van der Waals surface area (Å²) in [7, 11) is 0. The molecule has 5 nitrogen and oxygen atoms in total. The first kappa shape index (κ1) is 18.0. The molecule has 2 amide bonds. The summed E-state index contributed by atoms with van der Waals surface area (Å²) >= 11 is 0. The number of nitrogens with one attached hydrogen (secondary N) is 1. The zero-order chi connectivity index (χ0) is 18.4. The average molecular weight is 352 g/mol. The van der Waals surface area contributed by atoms with E-state index in [0.29, 0.717) is 19.7 Å². The summed E-state index contributed by atoms with van der Waals surface area (Å²) in [5, 5.41) is 5.30. The molecule has 1 N–H and O–H groups in total. The van der Waals surface area contributed by atoms with E-state index in [0.717, 1.165) is 29.2 Å². The minimum Gasteiger partial charge on any atom is -0.450 e. The second-order valence-corrected chi connectivity index (χ2v) is 6.37. The summed E-state index contributed by atoms with van der Waals surface area (Å²) in [5.41, 5.74) is 1.02. The van der Waals surface area contributed by atoms with Crippen molar-refractivity contribution in [1.82, 2.24) is 10.2 Å². The predicted octanol–water partition coefficient (Wildman–Crippen LogP) is 3.59. The van der Waals surface area contributed by atoms with Crippen LogP contribution < -0.4 is 5.32 Å². The molecule has 1 saturated heterocycles. The van der Waals surface area contributed by atoms with Gasteiger partial charge in [0.15, 0.2) is 0 Å². The lowest BCUT2D eigenvalue weighted by atomic mass is 10.0. The minimum absolute atomic E-state index is 0.0883. The lowest BCUT2D eigenvalue weighted by Crippen LogP contribution is -2.46. The van der Waals surface area contributed by atoms with E-state index in [1.807, 2.05) is 30.3 Å². The van der Waals surface area contributed by atoms with E-state index in [2.05, 4.69) is 23.5 Å². The Bertz CT molecular complexity index is 803. The number of hydrogen-bond acceptors (Lipinski definition) is 3. The molecule has 0 atom stereocenters. The van der Waals surface area contributed by atoms with Crippen LogP contribution in [-0.4, -0.2) is 42.6 Å². The quantitative estimate of drug-likeness (QED) is 0.856. The molecule has 0 unspecified atom stereocenters. The Labute approximate surface area is 153 Å². The molecule has 136 valence electrons. The van der Waals surface area contributed by atoms with E-state index in [1.165, 1.54) is 0 Å². The van der Waals surface area contributed by atoms with Crippen molar-refractivity contribution in [3.63, 3.8) is 0 Å². The van der Waals surface area contributed by atoms with Crippen LogP contribution in [0.1, 0.15) is 25.3 Å². The Morgan fingerprint density at radius 2 is 1.88 bits per heavy atom. The molecule has 5 heteroatoms. The lowest BCUT2D eigenvalue weighted by Gasteiger charge is -2.31. The van der Waals surface area contributed by atoms with E-state index < -0.39 is 0 Å². The maximum atomic E-state index is 12.2. The monoisotopic (exact) mass is 352 g/mol. The van der Waals surface area contributed by atoms with E-state index >= 15 is 0 Å². The van der Waals surface area contributed by atoms with Gasteiger partial charge in [-0.2, -0.15) is 0 Å². The fraction of sp³-hybridized carbons (Fsp3) is 0.333. The summed E-state index contributed by atoms with van der Waals surface area (Å²) in [6, 6.07) is 14.3. The summed E-state index contributed by atoms with van der Waals surface area (Å²) in [6.45, 7) is 3.40. The van der Waals surface area contributed by atoms with E-state index in [4.69, 9.17) is 4.74 Å². The fourth-order valence-electron chi connectivity index (χ4n) is 3.23. The van der Waals surface area contributed by atoms with Gasteiger partial charge in [0.05, 0.1) is 6.61 Å². The highest BCUT2D eigenvalue weighted by Gasteiger charge is 2.23. The molecular weight excluding hydrogens is 328 g/mol. The molecule has 1 fully saturated rings. The number of carbonyl (C=O) groups excluding carboxylic acids is 2. The van der Waals surface area contributed by atoms with Crippen LogP contribution >= 0.6 is 0 Å². The van der Waals surface area contributed by atoms with Gasteiger partial charge in [-0.25, -0.2) is 4.79 Å². The smallest absolute Gasteiger partial charge is 0.409 e. The number of nitrogens with zero attached hydrogens (tertiary/aromatic N) is 1. The number of piperidine rings is 1. The largest absolute Gasteiger partial charge is 0.450 e. The summed E-state index contributed by atoms with van der Waals surface area (Å²) in [4.78, 5) is 25.6. The molecule has 1 heterocycles. The highest BCUT2D eigenvalue weighted by molar-refractivity contribution is 5.96. The Morgan fingerprint density at radius 3 is 2.65 bits per heavy atom. The van der Waals surface area contributed by atoms with Crippen LogP contribution in [0.3, 0.4) is 0 Å². The van der Waals surface area contributed by atoms with Crippen LogP contribution in [0.4, 0.5) is 4.79 Å². The van der Waals surface area contributed by atoms with Gasteiger partial charge in [0, 0.05) is 25.2 Å². The molecule has 1 aliphatic heterocycles. The van der Waals surface area contributed by atoms with Crippen molar-refractivity contribution < 1.29 is 14.3 Å². The van der Waals surface area contributed by atoms with E-state index in [-0.39, 0.29) is 18.0 Å². The molecule has 2 aromatic carbocycles. The minimum atomic E-state index is -0.270. The maximum Gasteiger partial charge on any atom is 0.409 e. The van der Waals surface area contributed by atoms with Crippen molar-refractivity contribution in [2.24, 2.45) is 0 Å². The van der Waals surface area contributed by atoms with Gasteiger partial charge in [0.2, 0.25) is 5.91 Å². The van der Waals surface area contributed by atoms with Crippen LogP contribution in [0.15, 0.2) is 48.5 Å². The molecule has 1 aliphatic rings. The van der Waals surface area contributed by atoms with Gasteiger partial charge in [-0.3, -0.25) is 4.79 Å². The van der Waals surface area contributed by atoms with Crippen molar-refractivity contribution in [3.05, 3.63) is 54.1 Å². The number of carbonyl (C=O) groups is 2. The molecule has 0 bridgehead atoms. The van der Waals surface area contributed by atoms with Crippen LogP contribution in [0.5, 0.6) is 0 Å². The first-order valence-corrected chi connectivity index (χ1v) is 9.05. The second kappa shape index (κ2) is 8.52. The van der Waals surface area contributed by atoms with Crippen molar-refractivity contribution in [2.75, 3.05) is 19.7 Å². The third-order valence-corrected chi connectivity index (χ3v) is 4.60. The molecule has 3 rings (SSSR count). The first-order chi connectivity index (χ1) is 12.7. The van der Waals surface area contributed by atoms with Gasteiger partial charge >= 0.3 is 6.09 Å². The molecule has 2 aromatic rings. The molecule has 0 spiro atoms. The van der Waals surface area contributed by atoms with Crippen LogP contribution in [-0.2, 0) is 9.53 Å². The van der Waals surface area contributed by atoms with E-state index in [9.17, 15) is 9.59 Å². The van der Waals surface area contributed by atoms with Crippen molar-refractivity contribution in [3.8, 4) is 0 Å². The van der Waals surface area contributed by atoms with Crippen molar-refractivity contribution >= 4 is 28.8 Å². The standard InChI is InChI=1S/C21H24N2O3/c1-2-26-21(25)23-14-12-18(13-15-23)22-20(24)11-10-17-8-5-7-16-6-3-4-9-19(16)17/h3-11,18H,2,12-15H2,1H3,(H,22,24)/b11-10+. The van der Waals surface area contributed by atoms with Crippen molar-refractivity contribution in [2.45, 2.75) is 25.8 Å². The Kier molecular flexibility index (Phi) is 5.89. The van der Waals surface area contributed by atoms with Crippen LogP contribution in [0.25, 0.3) is 16.8 Å². The number of hydrogen-bond donors (Lipinski definition) is 1. The first-order valence-electron chi connectivity index (χ1n) is 9.05. The van der Waals surface area contributed by atoms with E-state index in [1.54, 1.807) is 17.9 Å². The number of amides is 2. The van der Waals surface area contributed by atoms with Crippen LogP contribution in [0.2, 0.25) is 0 Å². The topological polar surface area (TPSA) is 58.6 Å². The number of rotatable bonds is 4. The van der Waals surface area contributed by atoms with Gasteiger partial charge in [0.25, 0.3) is 0 Å². The average Bonchev–Trinajstić information content (AvgIpc) is 2.67. The summed E-state index contributed by atoms with van der Waals surface area (Å²) in [6.07, 6.45) is 4.65. The molecule has 0 aliphatic carbocycles. The highest BCUT2D eigenvalue weighted by atomic mass is 16.6. The van der Waals surface area contributed by atoms with Crippen LogP contribution in [0, 0.1) is 0 Å².